The zero-order valence-corrected chi connectivity index (χ0v) is 15.4. The van der Waals surface area contributed by atoms with Gasteiger partial charge in [0.2, 0.25) is 0 Å². The third-order valence-corrected chi connectivity index (χ3v) is 4.58. The van der Waals surface area contributed by atoms with Crippen LogP contribution < -0.4 is 10.2 Å². The molecule has 134 valence electrons. The number of anilines is 1. The Morgan fingerprint density at radius 1 is 1.24 bits per heavy atom. The first kappa shape index (κ1) is 17.6. The van der Waals surface area contributed by atoms with Crippen LogP contribution in [0.25, 0.3) is 5.69 Å². The fourth-order valence-corrected chi connectivity index (χ4v) is 3.59. The number of carbonyl (C=O) groups excluding carboxylic acids is 1. The van der Waals surface area contributed by atoms with Crippen LogP contribution in [0.4, 0.5) is 5.69 Å². The van der Waals surface area contributed by atoms with Gasteiger partial charge in [0, 0.05) is 0 Å². The van der Waals surface area contributed by atoms with E-state index < -0.39 is 0 Å². The number of hydrogen-bond donors (Lipinski definition) is 2. The van der Waals surface area contributed by atoms with Crippen molar-refractivity contribution in [1.82, 2.24) is 9.78 Å². The smallest absolute Gasteiger partial charge is 0.279 e. The van der Waals surface area contributed by atoms with Crippen LogP contribution in [-0.2, 0) is 9.53 Å². The van der Waals surface area contributed by atoms with Crippen LogP contribution >= 0.6 is 0 Å². The van der Waals surface area contributed by atoms with Crippen LogP contribution in [0.3, 0.4) is 0 Å². The summed E-state index contributed by atoms with van der Waals surface area (Å²) < 4.78 is 7.61. The van der Waals surface area contributed by atoms with E-state index in [1.165, 1.54) is 4.90 Å². The molecule has 1 aromatic heterocycles. The van der Waals surface area contributed by atoms with Crippen molar-refractivity contribution in [1.29, 1.82) is 0 Å². The number of morpholine rings is 1. The van der Waals surface area contributed by atoms with E-state index in [2.05, 4.69) is 24.3 Å². The molecule has 25 heavy (non-hydrogen) atoms. The highest BCUT2D eigenvalue weighted by Gasteiger charge is 2.27. The molecule has 1 aliphatic heterocycles. The number of amides is 1. The van der Waals surface area contributed by atoms with Gasteiger partial charge < -0.3 is 15.0 Å². The third kappa shape index (κ3) is 4.08. The van der Waals surface area contributed by atoms with E-state index in [4.69, 9.17) is 4.74 Å². The second kappa shape index (κ2) is 7.37. The largest absolute Gasteiger partial charge is 0.364 e. The molecule has 2 N–H and O–H groups in total. The molecule has 1 saturated heterocycles. The maximum absolute atomic E-state index is 12.5. The van der Waals surface area contributed by atoms with E-state index in [1.807, 2.05) is 48.9 Å². The Kier molecular flexibility index (Phi) is 5.20. The number of carbonyl (C=O) groups is 1. The SMILES string of the molecule is Cc1nn(-c2ccccc2)c(C)c1NC(=O)C[NH+]1C[C@@H](C)O[C@@H](C)C1. The van der Waals surface area contributed by atoms with Crippen molar-refractivity contribution in [3.8, 4) is 5.69 Å². The topological polar surface area (TPSA) is 60.6 Å². The first-order chi connectivity index (χ1) is 11.9. The normalized spacial score (nSPS) is 23.4. The first-order valence-electron chi connectivity index (χ1n) is 8.84. The molecule has 0 radical (unpaired) electrons. The molecule has 1 fully saturated rings. The van der Waals surface area contributed by atoms with Crippen LogP contribution in [0, 0.1) is 13.8 Å². The van der Waals surface area contributed by atoms with Crippen LogP contribution in [0.1, 0.15) is 25.2 Å². The lowest BCUT2D eigenvalue weighted by molar-refractivity contribution is -0.907. The van der Waals surface area contributed by atoms with Gasteiger partial charge in [0.15, 0.2) is 6.54 Å². The van der Waals surface area contributed by atoms with E-state index in [0.29, 0.717) is 6.54 Å². The summed E-state index contributed by atoms with van der Waals surface area (Å²) in [7, 11) is 0. The molecule has 0 aliphatic carbocycles. The average molecular weight is 343 g/mol. The Morgan fingerprint density at radius 3 is 2.52 bits per heavy atom. The standard InChI is InChI=1S/C19H26N4O2/c1-13-10-22(11-14(2)25-13)12-18(24)20-19-15(3)21-23(16(19)4)17-8-6-5-7-9-17/h5-9,13-14H,10-12H2,1-4H3,(H,20,24)/p+1/t13-,14+. The minimum Gasteiger partial charge on any atom is -0.364 e. The average Bonchev–Trinajstić information content (AvgIpc) is 2.83. The number of para-hydroxylation sites is 1. The minimum atomic E-state index is 0.0233. The minimum absolute atomic E-state index is 0.0233. The van der Waals surface area contributed by atoms with Crippen LogP contribution in [0.5, 0.6) is 0 Å². The molecule has 1 unspecified atom stereocenters. The predicted octanol–water partition coefficient (Wildman–Crippen LogP) is 1.12. The predicted molar refractivity (Wildman–Crippen MR) is 97.2 cm³/mol. The number of hydrogen-bond acceptors (Lipinski definition) is 3. The second-order valence-electron chi connectivity index (χ2n) is 6.93. The van der Waals surface area contributed by atoms with Crippen molar-refractivity contribution in [2.24, 2.45) is 0 Å². The van der Waals surface area contributed by atoms with E-state index in [9.17, 15) is 4.79 Å². The fourth-order valence-electron chi connectivity index (χ4n) is 3.59. The van der Waals surface area contributed by atoms with Gasteiger partial charge in [-0.3, -0.25) is 4.79 Å². The highest BCUT2D eigenvalue weighted by atomic mass is 16.5. The van der Waals surface area contributed by atoms with Gasteiger partial charge in [-0.25, -0.2) is 4.68 Å². The summed E-state index contributed by atoms with van der Waals surface area (Å²) in [4.78, 5) is 13.8. The van der Waals surface area contributed by atoms with Crippen molar-refractivity contribution in [2.75, 3.05) is 25.0 Å². The Hall–Kier alpha value is -2.18. The van der Waals surface area contributed by atoms with Crippen molar-refractivity contribution in [2.45, 2.75) is 39.9 Å². The van der Waals surface area contributed by atoms with Gasteiger partial charge in [0.05, 0.1) is 22.8 Å². The zero-order valence-electron chi connectivity index (χ0n) is 15.4. The van der Waals surface area contributed by atoms with Crippen molar-refractivity contribution in [3.63, 3.8) is 0 Å². The Labute approximate surface area is 148 Å². The number of benzene rings is 1. The number of aryl methyl sites for hydroxylation is 1. The lowest BCUT2D eigenvalue weighted by Gasteiger charge is -2.31. The third-order valence-electron chi connectivity index (χ3n) is 4.58. The monoisotopic (exact) mass is 343 g/mol. The molecular weight excluding hydrogens is 316 g/mol. The van der Waals surface area contributed by atoms with Crippen molar-refractivity contribution >= 4 is 11.6 Å². The first-order valence-corrected chi connectivity index (χ1v) is 8.84. The Bertz CT molecular complexity index is 731. The summed E-state index contributed by atoms with van der Waals surface area (Å²) in [6.45, 7) is 10.2. The van der Waals surface area contributed by atoms with Gasteiger partial charge in [-0.1, -0.05) is 18.2 Å². The van der Waals surface area contributed by atoms with E-state index in [1.54, 1.807) is 0 Å². The van der Waals surface area contributed by atoms with Crippen LogP contribution in [0.15, 0.2) is 30.3 Å². The van der Waals surface area contributed by atoms with E-state index in [-0.39, 0.29) is 18.1 Å². The number of quaternary nitrogens is 1. The molecule has 2 heterocycles. The number of nitrogens with one attached hydrogen (secondary N) is 2. The Balaban J connectivity index is 1.70. The molecule has 6 nitrogen and oxygen atoms in total. The van der Waals surface area contributed by atoms with Gasteiger partial charge in [-0.2, -0.15) is 5.10 Å². The number of ether oxygens (including phenoxy) is 1. The molecule has 1 aromatic carbocycles. The maximum Gasteiger partial charge on any atom is 0.279 e. The van der Waals surface area contributed by atoms with Crippen molar-refractivity contribution in [3.05, 3.63) is 41.7 Å². The molecular formula is C19H27N4O2+. The molecule has 3 atom stereocenters. The molecule has 0 bridgehead atoms. The number of rotatable bonds is 4. The highest BCUT2D eigenvalue weighted by Crippen LogP contribution is 2.22. The quantitative estimate of drug-likeness (QED) is 0.875. The van der Waals surface area contributed by atoms with Gasteiger partial charge in [-0.05, 0) is 39.8 Å². The summed E-state index contributed by atoms with van der Waals surface area (Å²) in [5, 5.41) is 7.64. The summed E-state index contributed by atoms with van der Waals surface area (Å²) >= 11 is 0. The van der Waals surface area contributed by atoms with Gasteiger partial charge in [0.25, 0.3) is 5.91 Å². The molecule has 1 aliphatic rings. The summed E-state index contributed by atoms with van der Waals surface area (Å²) in [5.74, 6) is 0.0233. The molecule has 0 spiro atoms. The summed E-state index contributed by atoms with van der Waals surface area (Å²) in [6, 6.07) is 9.95. The summed E-state index contributed by atoms with van der Waals surface area (Å²) in [5.41, 5.74) is 3.57. The Morgan fingerprint density at radius 2 is 1.88 bits per heavy atom. The van der Waals surface area contributed by atoms with E-state index >= 15 is 0 Å². The molecule has 6 heteroatoms. The molecule has 1 amide bonds. The molecule has 0 saturated carbocycles. The van der Waals surface area contributed by atoms with E-state index in [0.717, 1.165) is 35.9 Å². The van der Waals surface area contributed by atoms with Gasteiger partial charge >= 0.3 is 0 Å². The lowest BCUT2D eigenvalue weighted by atomic mass is 10.2. The fraction of sp³-hybridized carbons (Fsp3) is 0.474. The molecule has 2 aromatic rings. The highest BCUT2D eigenvalue weighted by molar-refractivity contribution is 5.92. The number of aromatic nitrogens is 2. The van der Waals surface area contributed by atoms with Gasteiger partial charge in [-0.15, -0.1) is 0 Å². The summed E-state index contributed by atoms with van der Waals surface area (Å²) in [6.07, 6.45) is 0.381. The van der Waals surface area contributed by atoms with Crippen LogP contribution in [-0.4, -0.2) is 47.5 Å². The second-order valence-corrected chi connectivity index (χ2v) is 6.93. The van der Waals surface area contributed by atoms with Gasteiger partial charge in [0.1, 0.15) is 25.3 Å². The van der Waals surface area contributed by atoms with Crippen LogP contribution in [0.2, 0.25) is 0 Å². The lowest BCUT2D eigenvalue weighted by Crippen LogP contribution is -3.16. The maximum atomic E-state index is 12.5. The van der Waals surface area contributed by atoms with Crippen molar-refractivity contribution < 1.29 is 14.4 Å². The number of nitrogens with zero attached hydrogens (tertiary/aromatic N) is 2. The zero-order chi connectivity index (χ0) is 18.0. The molecule has 3 rings (SSSR count).